The maximum atomic E-state index is 4.05. The number of benzene rings is 1. The third kappa shape index (κ3) is 4.43. The first-order valence-corrected chi connectivity index (χ1v) is 10.8. The van der Waals surface area contributed by atoms with Gasteiger partial charge in [-0.1, -0.05) is 0 Å². The molecule has 0 spiro atoms. The second-order valence-electron chi connectivity index (χ2n) is 6.22. The Bertz CT molecular complexity index is 658. The first-order chi connectivity index (χ1) is 10.8. The van der Waals surface area contributed by atoms with Crippen molar-refractivity contribution in [3.05, 3.63) is 75.1 Å². The van der Waals surface area contributed by atoms with Gasteiger partial charge in [0.25, 0.3) is 0 Å². The largest absolute Gasteiger partial charge is 1.00 e. The molecule has 3 heteroatoms. The number of halogens is 2. The topological polar surface area (TPSA) is 0 Å². The summed E-state index contributed by atoms with van der Waals surface area (Å²) in [4.78, 5) is 0. The third-order valence-corrected chi connectivity index (χ3v) is 9.36. The molecule has 2 aliphatic rings. The van der Waals surface area contributed by atoms with Crippen LogP contribution in [0.25, 0.3) is 6.08 Å². The van der Waals surface area contributed by atoms with Crippen LogP contribution in [0.2, 0.25) is 0 Å². The first-order valence-electron chi connectivity index (χ1n) is 8.35. The SMILES string of the molecule is C=CC[C]1([Zr+2][C]2=C(CCCC)C=CC2)C=Cc2ccccc21.[Cl-].[Cl-]. The summed E-state index contributed by atoms with van der Waals surface area (Å²) in [7, 11) is 0. The van der Waals surface area contributed by atoms with E-state index in [0.29, 0.717) is 3.12 Å². The van der Waals surface area contributed by atoms with E-state index in [1.54, 1.807) is 14.4 Å². The van der Waals surface area contributed by atoms with Crippen LogP contribution in [0.5, 0.6) is 0 Å². The molecule has 0 saturated heterocycles. The normalized spacial score (nSPS) is 20.2. The number of allylic oxidation sites excluding steroid dienone is 6. The summed E-state index contributed by atoms with van der Waals surface area (Å²) < 4.78 is 2.10. The molecule has 126 valence electrons. The zero-order valence-corrected chi connectivity index (χ0v) is 18.2. The molecular formula is C21H24Cl2Zr. The van der Waals surface area contributed by atoms with Crippen LogP contribution in [0.15, 0.2) is 64.0 Å². The minimum Gasteiger partial charge on any atom is -1.00 e. The van der Waals surface area contributed by atoms with Crippen molar-refractivity contribution >= 4 is 6.08 Å². The maximum absolute atomic E-state index is 4.05. The Balaban J connectivity index is 0.00000144. The van der Waals surface area contributed by atoms with Gasteiger partial charge in [-0.25, -0.2) is 0 Å². The zero-order valence-electron chi connectivity index (χ0n) is 14.2. The molecule has 1 unspecified atom stereocenters. The number of rotatable bonds is 7. The number of unbranched alkanes of at least 4 members (excludes halogenated alkanes) is 1. The van der Waals surface area contributed by atoms with Crippen molar-refractivity contribution < 1.29 is 48.0 Å². The van der Waals surface area contributed by atoms with Gasteiger partial charge in [0.1, 0.15) is 0 Å². The Morgan fingerprint density at radius 1 is 1.21 bits per heavy atom. The van der Waals surface area contributed by atoms with Gasteiger partial charge in [0.2, 0.25) is 0 Å². The van der Waals surface area contributed by atoms with Crippen molar-refractivity contribution in [1.29, 1.82) is 0 Å². The smallest absolute Gasteiger partial charge is 1.00 e. The molecule has 0 radical (unpaired) electrons. The fraction of sp³-hybridized carbons (Fsp3) is 0.333. The Kier molecular flexibility index (Phi) is 8.99. The second kappa shape index (κ2) is 9.95. The van der Waals surface area contributed by atoms with Crippen LogP contribution in [-0.4, -0.2) is 0 Å². The molecule has 1 atom stereocenters. The molecule has 0 aromatic heterocycles. The predicted octanol–water partition coefficient (Wildman–Crippen LogP) is -0.0205. The Morgan fingerprint density at radius 3 is 2.75 bits per heavy atom. The van der Waals surface area contributed by atoms with Gasteiger partial charge in [-0.15, -0.1) is 0 Å². The molecule has 0 N–H and O–H groups in total. The van der Waals surface area contributed by atoms with Crippen molar-refractivity contribution in [3.63, 3.8) is 0 Å². The van der Waals surface area contributed by atoms with Gasteiger partial charge in [-0.05, 0) is 0 Å². The van der Waals surface area contributed by atoms with Gasteiger partial charge in [0, 0.05) is 0 Å². The number of hydrogen-bond acceptors (Lipinski definition) is 0. The van der Waals surface area contributed by atoms with Crippen molar-refractivity contribution in [2.24, 2.45) is 0 Å². The molecular weight excluding hydrogens is 414 g/mol. The monoisotopic (exact) mass is 436 g/mol. The van der Waals surface area contributed by atoms with Crippen LogP contribution in [0.4, 0.5) is 0 Å². The molecule has 0 nitrogen and oxygen atoms in total. The van der Waals surface area contributed by atoms with Crippen LogP contribution in [0.1, 0.15) is 50.2 Å². The van der Waals surface area contributed by atoms with Gasteiger partial charge in [0.15, 0.2) is 0 Å². The summed E-state index contributed by atoms with van der Waals surface area (Å²) in [6.07, 6.45) is 17.9. The average Bonchev–Trinajstić information content (AvgIpc) is 3.12. The minimum absolute atomic E-state index is 0. The van der Waals surface area contributed by atoms with E-state index in [4.69, 9.17) is 0 Å². The fourth-order valence-corrected chi connectivity index (χ4v) is 8.17. The molecule has 3 rings (SSSR count). The molecule has 0 aliphatic heterocycles. The number of fused-ring (bicyclic) bond motifs is 1. The van der Waals surface area contributed by atoms with Crippen LogP contribution in [-0.2, 0) is 26.4 Å². The van der Waals surface area contributed by atoms with E-state index in [9.17, 15) is 0 Å². The first kappa shape index (κ1) is 21.7. The van der Waals surface area contributed by atoms with E-state index in [2.05, 4.69) is 68.1 Å². The van der Waals surface area contributed by atoms with Crippen molar-refractivity contribution in [3.8, 4) is 0 Å². The maximum Gasteiger partial charge on any atom is -1.00 e. The van der Waals surface area contributed by atoms with Gasteiger partial charge in [-0.3, -0.25) is 0 Å². The summed E-state index contributed by atoms with van der Waals surface area (Å²) in [5, 5.41) is 0. The van der Waals surface area contributed by atoms with E-state index < -0.39 is 23.2 Å². The van der Waals surface area contributed by atoms with E-state index in [1.807, 2.05) is 0 Å². The average molecular weight is 439 g/mol. The standard InChI is InChI=1S/C12H11.C9H13.2ClH.Zr/c1-2-5-10-8-9-11-6-3-4-7-12(10)11;1-2-3-6-9-7-4-5-8-9;;;/h2-4,6-9H,1,5H2;4,7H,2-3,5-6H2,1H3;2*1H;/q;;;;+2/p-2. The molecule has 1 aromatic carbocycles. The molecule has 2 aliphatic carbocycles. The van der Waals surface area contributed by atoms with Crippen LogP contribution >= 0.6 is 0 Å². The van der Waals surface area contributed by atoms with E-state index in [-0.39, 0.29) is 24.8 Å². The molecule has 24 heavy (non-hydrogen) atoms. The summed E-state index contributed by atoms with van der Waals surface area (Å²) >= 11 is -0.718. The summed E-state index contributed by atoms with van der Waals surface area (Å²) in [5.74, 6) is 0. The van der Waals surface area contributed by atoms with Gasteiger partial charge in [-0.2, -0.15) is 0 Å². The van der Waals surface area contributed by atoms with Crippen molar-refractivity contribution in [1.82, 2.24) is 0 Å². The fourth-order valence-electron chi connectivity index (χ4n) is 3.49. The molecule has 0 saturated carbocycles. The number of hydrogen-bond donors (Lipinski definition) is 0. The molecule has 0 heterocycles. The van der Waals surface area contributed by atoms with Gasteiger partial charge >= 0.3 is 147 Å². The molecule has 0 bridgehead atoms. The minimum atomic E-state index is -0.718. The third-order valence-electron chi connectivity index (χ3n) is 4.66. The Labute approximate surface area is 170 Å². The predicted molar refractivity (Wildman–Crippen MR) is 92.3 cm³/mol. The van der Waals surface area contributed by atoms with Crippen molar-refractivity contribution in [2.75, 3.05) is 0 Å². The summed E-state index contributed by atoms with van der Waals surface area (Å²) in [6.45, 7) is 6.33. The second-order valence-corrected chi connectivity index (χ2v) is 10.5. The van der Waals surface area contributed by atoms with Crippen LogP contribution < -0.4 is 24.8 Å². The Morgan fingerprint density at radius 2 is 2.00 bits per heavy atom. The molecule has 0 fully saturated rings. The zero-order chi connectivity index (χ0) is 15.4. The van der Waals surface area contributed by atoms with Crippen LogP contribution in [0, 0.1) is 0 Å². The van der Waals surface area contributed by atoms with Crippen LogP contribution in [0.3, 0.4) is 0 Å². The Hall–Kier alpha value is -0.357. The molecule has 0 amide bonds. The van der Waals surface area contributed by atoms with Crippen molar-refractivity contribution in [2.45, 2.75) is 42.2 Å². The summed E-state index contributed by atoms with van der Waals surface area (Å²) in [6, 6.07) is 8.95. The van der Waals surface area contributed by atoms with E-state index in [0.717, 1.165) is 6.42 Å². The van der Waals surface area contributed by atoms with E-state index >= 15 is 0 Å². The quantitative estimate of drug-likeness (QED) is 0.525. The van der Waals surface area contributed by atoms with E-state index in [1.165, 1.54) is 31.2 Å². The van der Waals surface area contributed by atoms with Gasteiger partial charge < -0.3 is 24.8 Å². The summed E-state index contributed by atoms with van der Waals surface area (Å²) in [5.41, 5.74) is 4.64. The molecule has 1 aromatic rings. The van der Waals surface area contributed by atoms with Gasteiger partial charge in [0.05, 0.1) is 0 Å².